The summed E-state index contributed by atoms with van der Waals surface area (Å²) in [5.74, 6) is 1.50. The lowest BCUT2D eigenvalue weighted by Gasteiger charge is -2.08. The number of aliphatic hydroxyl groups is 1. The van der Waals surface area contributed by atoms with Gasteiger partial charge in [-0.25, -0.2) is 9.97 Å². The molecule has 0 aliphatic carbocycles. The monoisotopic (exact) mass is 720 g/mol. The van der Waals surface area contributed by atoms with Gasteiger partial charge in [0.05, 0.1) is 37.1 Å². The number of aromatic amines is 2. The van der Waals surface area contributed by atoms with Crippen molar-refractivity contribution in [1.29, 1.82) is 0 Å². The Kier molecular flexibility index (Phi) is 10.8. The van der Waals surface area contributed by atoms with Crippen LogP contribution in [0.2, 0.25) is 0 Å². The Morgan fingerprint density at radius 3 is 1.93 bits per heavy atom. The van der Waals surface area contributed by atoms with Crippen LogP contribution in [0.25, 0.3) is 55.7 Å². The van der Waals surface area contributed by atoms with Crippen molar-refractivity contribution < 1.29 is 14.6 Å². The predicted octanol–water partition coefficient (Wildman–Crippen LogP) is 7.62. The SMILES string of the molecule is COc1cccc(-c2cn(-c3ccc(OCCCCCO)cc3)c3nc[nH]c(=O)c23)c1.Cc1cccc(-n2cc(-c3ccccc3)c3c(=O)[nH]cnc32)c1. The Morgan fingerprint density at radius 1 is 0.648 bits per heavy atom. The lowest BCUT2D eigenvalue weighted by molar-refractivity contribution is 0.266. The van der Waals surface area contributed by atoms with Gasteiger partial charge in [-0.2, -0.15) is 0 Å². The lowest BCUT2D eigenvalue weighted by Crippen LogP contribution is -2.07. The van der Waals surface area contributed by atoms with Crippen LogP contribution in [-0.2, 0) is 0 Å². The van der Waals surface area contributed by atoms with Crippen LogP contribution in [-0.4, -0.2) is 54.5 Å². The van der Waals surface area contributed by atoms with Crippen LogP contribution >= 0.6 is 0 Å². The molecule has 272 valence electrons. The standard InChI is InChI=1S/C24H25N3O4.C19H15N3O/c1-30-20-7-5-6-17(14-20)21-15-27(23-22(21)24(29)26-16-25-23)18-8-10-19(11-9-18)31-13-4-2-3-12-28;1-13-6-5-9-15(10-13)22-11-16(14-7-3-2-4-8-14)17-18(22)20-12-21-19(17)23/h5-11,14-16,28H,2-4,12-13H2,1H3,(H,25,26,29);2-12H,1H3,(H,20,21,23). The first-order chi connectivity index (χ1) is 26.4. The highest BCUT2D eigenvalue weighted by Gasteiger charge is 2.17. The Bertz CT molecular complexity index is 2620. The zero-order valence-corrected chi connectivity index (χ0v) is 30.0. The number of ether oxygens (including phenoxy) is 2. The average molecular weight is 721 g/mol. The molecule has 8 rings (SSSR count). The third-order valence-corrected chi connectivity index (χ3v) is 9.11. The van der Waals surface area contributed by atoms with Crippen molar-refractivity contribution in [3.63, 3.8) is 0 Å². The number of fused-ring (bicyclic) bond motifs is 2. The molecule has 3 N–H and O–H groups in total. The molecule has 0 unspecified atom stereocenters. The van der Waals surface area contributed by atoms with E-state index in [1.165, 1.54) is 12.7 Å². The van der Waals surface area contributed by atoms with E-state index < -0.39 is 0 Å². The third kappa shape index (κ3) is 7.57. The molecule has 11 nitrogen and oxygen atoms in total. The summed E-state index contributed by atoms with van der Waals surface area (Å²) in [6.45, 7) is 2.88. The zero-order valence-electron chi connectivity index (χ0n) is 30.0. The zero-order chi connectivity index (χ0) is 37.4. The van der Waals surface area contributed by atoms with Crippen molar-refractivity contribution >= 4 is 22.1 Å². The van der Waals surface area contributed by atoms with E-state index in [0.29, 0.717) is 28.7 Å². The number of H-pyrrole nitrogens is 2. The highest BCUT2D eigenvalue weighted by molar-refractivity contribution is 5.95. The summed E-state index contributed by atoms with van der Waals surface area (Å²) >= 11 is 0. The summed E-state index contributed by atoms with van der Waals surface area (Å²) in [6, 6.07) is 33.4. The highest BCUT2D eigenvalue weighted by Crippen LogP contribution is 2.32. The number of aryl methyl sites for hydroxylation is 1. The quantitative estimate of drug-likeness (QED) is 0.117. The normalized spacial score (nSPS) is 11.0. The number of unbranched alkanes of at least 4 members (excludes halogenated alkanes) is 2. The molecule has 8 aromatic rings. The Hall–Kier alpha value is -6.72. The molecule has 0 saturated carbocycles. The van der Waals surface area contributed by atoms with E-state index in [0.717, 1.165) is 70.0 Å². The van der Waals surface area contributed by atoms with Gasteiger partial charge in [-0.3, -0.25) is 9.59 Å². The van der Waals surface area contributed by atoms with Gasteiger partial charge in [0.25, 0.3) is 11.1 Å². The molecular formula is C43H40N6O5. The van der Waals surface area contributed by atoms with Crippen LogP contribution in [0.15, 0.2) is 138 Å². The number of hydrogen-bond acceptors (Lipinski definition) is 7. The predicted molar refractivity (Wildman–Crippen MR) is 212 cm³/mol. The van der Waals surface area contributed by atoms with Gasteiger partial charge < -0.3 is 33.7 Å². The summed E-state index contributed by atoms with van der Waals surface area (Å²) in [5.41, 5.74) is 7.52. The molecule has 0 fully saturated rings. The lowest BCUT2D eigenvalue weighted by atomic mass is 10.1. The maximum atomic E-state index is 12.6. The van der Waals surface area contributed by atoms with Crippen molar-refractivity contribution in [3.8, 4) is 45.1 Å². The molecule has 0 spiro atoms. The summed E-state index contributed by atoms with van der Waals surface area (Å²) < 4.78 is 15.0. The van der Waals surface area contributed by atoms with Crippen LogP contribution < -0.4 is 20.6 Å². The molecule has 0 saturated heterocycles. The fourth-order valence-corrected chi connectivity index (χ4v) is 6.44. The minimum Gasteiger partial charge on any atom is -0.497 e. The van der Waals surface area contributed by atoms with Gasteiger partial charge in [-0.05, 0) is 91.4 Å². The second kappa shape index (κ2) is 16.3. The molecule has 4 aromatic heterocycles. The van der Waals surface area contributed by atoms with Crippen molar-refractivity contribution in [3.05, 3.63) is 154 Å². The number of aromatic nitrogens is 6. The fourth-order valence-electron chi connectivity index (χ4n) is 6.44. The molecule has 11 heteroatoms. The van der Waals surface area contributed by atoms with E-state index in [4.69, 9.17) is 14.6 Å². The molecule has 4 aromatic carbocycles. The summed E-state index contributed by atoms with van der Waals surface area (Å²) in [7, 11) is 1.62. The van der Waals surface area contributed by atoms with Crippen LogP contribution in [0.4, 0.5) is 0 Å². The number of hydrogen-bond donors (Lipinski definition) is 3. The van der Waals surface area contributed by atoms with E-state index in [-0.39, 0.29) is 17.7 Å². The average Bonchev–Trinajstić information content (AvgIpc) is 3.80. The minimum atomic E-state index is -0.190. The van der Waals surface area contributed by atoms with Gasteiger partial charge in [0.2, 0.25) is 0 Å². The highest BCUT2D eigenvalue weighted by atomic mass is 16.5. The molecular weight excluding hydrogens is 681 g/mol. The van der Waals surface area contributed by atoms with Crippen LogP contribution in [0.3, 0.4) is 0 Å². The van der Waals surface area contributed by atoms with Gasteiger partial charge in [0.1, 0.15) is 11.5 Å². The van der Waals surface area contributed by atoms with Gasteiger partial charge in [0.15, 0.2) is 11.3 Å². The van der Waals surface area contributed by atoms with Gasteiger partial charge in [-0.1, -0.05) is 54.6 Å². The molecule has 0 aliphatic rings. The first kappa shape index (κ1) is 35.7. The fraction of sp³-hybridized carbons (Fsp3) is 0.163. The molecule has 54 heavy (non-hydrogen) atoms. The molecule has 0 radical (unpaired) electrons. The van der Waals surface area contributed by atoms with E-state index >= 15 is 0 Å². The number of nitrogens with zero attached hydrogens (tertiary/aromatic N) is 4. The van der Waals surface area contributed by atoms with E-state index in [2.05, 4.69) is 26.0 Å². The van der Waals surface area contributed by atoms with Crippen molar-refractivity contribution in [1.82, 2.24) is 29.1 Å². The topological polar surface area (TPSA) is 140 Å². The Labute approximate surface area is 311 Å². The van der Waals surface area contributed by atoms with Crippen LogP contribution in [0, 0.1) is 6.92 Å². The van der Waals surface area contributed by atoms with Gasteiger partial charge in [0, 0.05) is 41.5 Å². The maximum absolute atomic E-state index is 12.6. The minimum absolute atomic E-state index is 0.125. The molecule has 4 heterocycles. The maximum Gasteiger partial charge on any atom is 0.260 e. The largest absolute Gasteiger partial charge is 0.497 e. The summed E-state index contributed by atoms with van der Waals surface area (Å²) in [5, 5.41) is 9.98. The second-order valence-electron chi connectivity index (χ2n) is 12.7. The number of aliphatic hydroxyl groups excluding tert-OH is 1. The third-order valence-electron chi connectivity index (χ3n) is 9.11. The van der Waals surface area contributed by atoms with Crippen molar-refractivity contribution in [2.24, 2.45) is 0 Å². The summed E-state index contributed by atoms with van der Waals surface area (Å²) in [4.78, 5) is 39.2. The van der Waals surface area contributed by atoms with Crippen LogP contribution in [0.1, 0.15) is 24.8 Å². The number of benzene rings is 4. The molecule has 0 bridgehead atoms. The Balaban J connectivity index is 0.000000174. The Morgan fingerprint density at radius 2 is 1.28 bits per heavy atom. The van der Waals surface area contributed by atoms with Crippen molar-refractivity contribution in [2.45, 2.75) is 26.2 Å². The van der Waals surface area contributed by atoms with Crippen molar-refractivity contribution in [2.75, 3.05) is 20.3 Å². The number of rotatable bonds is 11. The van der Waals surface area contributed by atoms with Gasteiger partial charge in [-0.15, -0.1) is 0 Å². The van der Waals surface area contributed by atoms with Gasteiger partial charge >= 0.3 is 0 Å². The first-order valence-electron chi connectivity index (χ1n) is 17.7. The number of nitrogens with one attached hydrogen (secondary N) is 2. The molecule has 0 aliphatic heterocycles. The molecule has 0 amide bonds. The van der Waals surface area contributed by atoms with Crippen LogP contribution in [0.5, 0.6) is 11.5 Å². The van der Waals surface area contributed by atoms with E-state index in [1.807, 2.05) is 126 Å². The van der Waals surface area contributed by atoms with E-state index in [1.54, 1.807) is 7.11 Å². The summed E-state index contributed by atoms with van der Waals surface area (Å²) in [6.07, 6.45) is 9.42. The number of methoxy groups -OCH3 is 1. The molecule has 0 atom stereocenters. The smallest absolute Gasteiger partial charge is 0.260 e. The first-order valence-corrected chi connectivity index (χ1v) is 17.7. The second-order valence-corrected chi connectivity index (χ2v) is 12.7. The van der Waals surface area contributed by atoms with E-state index in [9.17, 15) is 9.59 Å².